The maximum Gasteiger partial charge on any atom is 0.191 e. The summed E-state index contributed by atoms with van der Waals surface area (Å²) in [6, 6.07) is 0. The zero-order valence-corrected chi connectivity index (χ0v) is 11.6. The second-order valence-corrected chi connectivity index (χ2v) is 5.68. The molecular weight excluding hydrogens is 216 g/mol. The van der Waals surface area contributed by atoms with Gasteiger partial charge in [0.2, 0.25) is 0 Å². The van der Waals surface area contributed by atoms with Gasteiger partial charge in [0.15, 0.2) is 5.96 Å². The molecule has 0 aromatic rings. The standard InChI is InChI=1S/C12H26N4O/c1-12(2,10-15(3)4)9-14-11(13)16-5-7-17-8-6-16/h5-10H2,1-4H3,(H2,13,14). The van der Waals surface area contributed by atoms with Crippen LogP contribution in [0.4, 0.5) is 0 Å². The van der Waals surface area contributed by atoms with Gasteiger partial charge in [-0.05, 0) is 19.5 Å². The first-order chi connectivity index (χ1) is 7.91. The Labute approximate surface area is 105 Å². The molecule has 1 aliphatic heterocycles. The minimum absolute atomic E-state index is 0.153. The number of guanidine groups is 1. The van der Waals surface area contributed by atoms with Gasteiger partial charge >= 0.3 is 0 Å². The second-order valence-electron chi connectivity index (χ2n) is 5.68. The summed E-state index contributed by atoms with van der Waals surface area (Å²) in [7, 11) is 4.16. The molecule has 0 spiro atoms. The smallest absolute Gasteiger partial charge is 0.191 e. The van der Waals surface area contributed by atoms with Crippen molar-refractivity contribution in [3.63, 3.8) is 0 Å². The van der Waals surface area contributed by atoms with Gasteiger partial charge in [-0.3, -0.25) is 4.99 Å². The van der Waals surface area contributed by atoms with Gasteiger partial charge in [-0.25, -0.2) is 0 Å². The van der Waals surface area contributed by atoms with Gasteiger partial charge in [-0.15, -0.1) is 0 Å². The first-order valence-electron chi connectivity index (χ1n) is 6.18. The fourth-order valence-electron chi connectivity index (χ4n) is 2.09. The quantitative estimate of drug-likeness (QED) is 0.566. The lowest BCUT2D eigenvalue weighted by Crippen LogP contribution is -2.45. The normalized spacial score (nSPS) is 18.9. The van der Waals surface area contributed by atoms with Crippen LogP contribution in [0.1, 0.15) is 13.8 Å². The predicted molar refractivity (Wildman–Crippen MR) is 71.2 cm³/mol. The third kappa shape index (κ3) is 5.37. The molecule has 5 heteroatoms. The van der Waals surface area contributed by atoms with Gasteiger partial charge in [0.25, 0.3) is 0 Å². The van der Waals surface area contributed by atoms with E-state index in [1.165, 1.54) is 0 Å². The Morgan fingerprint density at radius 1 is 1.35 bits per heavy atom. The van der Waals surface area contributed by atoms with Crippen molar-refractivity contribution in [2.75, 3.05) is 53.5 Å². The third-order valence-corrected chi connectivity index (χ3v) is 2.75. The molecule has 5 nitrogen and oxygen atoms in total. The van der Waals surface area contributed by atoms with Crippen molar-refractivity contribution in [3.05, 3.63) is 0 Å². The van der Waals surface area contributed by atoms with Crippen LogP contribution in [0.15, 0.2) is 4.99 Å². The van der Waals surface area contributed by atoms with Crippen molar-refractivity contribution in [1.29, 1.82) is 0 Å². The van der Waals surface area contributed by atoms with Crippen molar-refractivity contribution in [3.8, 4) is 0 Å². The number of hydrogen-bond acceptors (Lipinski definition) is 3. The number of aliphatic imine (C=N–C) groups is 1. The van der Waals surface area contributed by atoms with E-state index in [1.807, 2.05) is 0 Å². The third-order valence-electron chi connectivity index (χ3n) is 2.75. The van der Waals surface area contributed by atoms with Crippen molar-refractivity contribution in [2.24, 2.45) is 16.1 Å². The molecule has 0 aromatic heterocycles. The number of ether oxygens (including phenoxy) is 1. The van der Waals surface area contributed by atoms with Crippen LogP contribution in [0.2, 0.25) is 0 Å². The van der Waals surface area contributed by atoms with Gasteiger partial charge < -0.3 is 20.3 Å². The second kappa shape index (κ2) is 6.21. The van der Waals surface area contributed by atoms with Gasteiger partial charge in [-0.1, -0.05) is 13.8 Å². The Balaban J connectivity index is 2.45. The fourth-order valence-corrected chi connectivity index (χ4v) is 2.09. The van der Waals surface area contributed by atoms with Crippen LogP contribution in [-0.4, -0.2) is 69.2 Å². The van der Waals surface area contributed by atoms with Crippen LogP contribution in [0.3, 0.4) is 0 Å². The van der Waals surface area contributed by atoms with Gasteiger partial charge in [0, 0.05) is 26.2 Å². The molecule has 0 saturated carbocycles. The van der Waals surface area contributed by atoms with E-state index in [0.717, 1.165) is 39.4 Å². The summed E-state index contributed by atoms with van der Waals surface area (Å²) in [4.78, 5) is 8.78. The molecule has 1 heterocycles. The van der Waals surface area contributed by atoms with Crippen LogP contribution in [-0.2, 0) is 4.74 Å². The van der Waals surface area contributed by atoms with Crippen LogP contribution in [0, 0.1) is 5.41 Å². The van der Waals surface area contributed by atoms with Crippen molar-refractivity contribution in [2.45, 2.75) is 13.8 Å². The highest BCUT2D eigenvalue weighted by Gasteiger charge is 2.19. The van der Waals surface area contributed by atoms with E-state index >= 15 is 0 Å². The molecule has 0 radical (unpaired) electrons. The van der Waals surface area contributed by atoms with E-state index in [-0.39, 0.29) is 5.41 Å². The fraction of sp³-hybridized carbons (Fsp3) is 0.917. The first-order valence-corrected chi connectivity index (χ1v) is 6.18. The highest BCUT2D eigenvalue weighted by atomic mass is 16.5. The van der Waals surface area contributed by atoms with E-state index in [1.54, 1.807) is 0 Å². The van der Waals surface area contributed by atoms with Crippen molar-refractivity contribution >= 4 is 5.96 Å². The maximum absolute atomic E-state index is 5.99. The van der Waals surface area contributed by atoms with E-state index in [9.17, 15) is 0 Å². The predicted octanol–water partition coefficient (Wildman–Crippen LogP) is 0.221. The minimum Gasteiger partial charge on any atom is -0.378 e. The average Bonchev–Trinajstić information content (AvgIpc) is 2.25. The molecule has 1 fully saturated rings. The van der Waals surface area contributed by atoms with Crippen molar-refractivity contribution < 1.29 is 4.74 Å². The number of nitrogens with two attached hydrogens (primary N) is 1. The Bertz CT molecular complexity index is 257. The average molecular weight is 242 g/mol. The molecule has 1 rings (SSSR count). The SMILES string of the molecule is CN(C)CC(C)(C)CN=C(N)N1CCOCC1. The molecular formula is C12H26N4O. The van der Waals surface area contributed by atoms with Gasteiger partial charge in [-0.2, -0.15) is 0 Å². The Morgan fingerprint density at radius 2 is 1.94 bits per heavy atom. The van der Waals surface area contributed by atoms with Crippen LogP contribution in [0.25, 0.3) is 0 Å². The number of morpholine rings is 1. The molecule has 1 aliphatic rings. The summed E-state index contributed by atoms with van der Waals surface area (Å²) >= 11 is 0. The zero-order valence-electron chi connectivity index (χ0n) is 11.6. The maximum atomic E-state index is 5.99. The Hall–Kier alpha value is -0.810. The summed E-state index contributed by atoms with van der Waals surface area (Å²) < 4.78 is 5.29. The topological polar surface area (TPSA) is 54.1 Å². The molecule has 0 amide bonds. The monoisotopic (exact) mass is 242 g/mol. The number of nitrogens with zero attached hydrogens (tertiary/aromatic N) is 3. The molecule has 0 unspecified atom stereocenters. The molecule has 0 bridgehead atoms. The highest BCUT2D eigenvalue weighted by molar-refractivity contribution is 5.78. The summed E-state index contributed by atoms with van der Waals surface area (Å²) in [6.45, 7) is 9.38. The first kappa shape index (κ1) is 14.3. The van der Waals surface area contributed by atoms with Crippen LogP contribution in [0.5, 0.6) is 0 Å². The van der Waals surface area contributed by atoms with E-state index in [0.29, 0.717) is 5.96 Å². The summed E-state index contributed by atoms with van der Waals surface area (Å²) in [5, 5.41) is 0. The molecule has 0 atom stereocenters. The number of rotatable bonds is 4. The summed E-state index contributed by atoms with van der Waals surface area (Å²) in [5.41, 5.74) is 6.15. The minimum atomic E-state index is 0.153. The lowest BCUT2D eigenvalue weighted by atomic mass is 9.93. The van der Waals surface area contributed by atoms with Gasteiger partial charge in [0.05, 0.1) is 13.2 Å². The molecule has 17 heavy (non-hydrogen) atoms. The van der Waals surface area contributed by atoms with Crippen molar-refractivity contribution in [1.82, 2.24) is 9.80 Å². The molecule has 1 saturated heterocycles. The lowest BCUT2D eigenvalue weighted by molar-refractivity contribution is 0.0673. The molecule has 2 N–H and O–H groups in total. The Kier molecular flexibility index (Phi) is 5.21. The van der Waals surface area contributed by atoms with Crippen LogP contribution < -0.4 is 5.73 Å². The largest absolute Gasteiger partial charge is 0.378 e. The molecule has 100 valence electrons. The lowest BCUT2D eigenvalue weighted by Gasteiger charge is -2.30. The highest BCUT2D eigenvalue weighted by Crippen LogP contribution is 2.16. The van der Waals surface area contributed by atoms with E-state index in [2.05, 4.69) is 42.7 Å². The Morgan fingerprint density at radius 3 is 2.47 bits per heavy atom. The zero-order chi connectivity index (χ0) is 12.9. The number of hydrogen-bond donors (Lipinski definition) is 1. The van der Waals surface area contributed by atoms with E-state index in [4.69, 9.17) is 10.5 Å². The van der Waals surface area contributed by atoms with Gasteiger partial charge in [0.1, 0.15) is 0 Å². The molecule has 0 aromatic carbocycles. The summed E-state index contributed by atoms with van der Waals surface area (Å²) in [6.07, 6.45) is 0. The molecule has 0 aliphatic carbocycles. The summed E-state index contributed by atoms with van der Waals surface area (Å²) in [5.74, 6) is 0.653. The van der Waals surface area contributed by atoms with E-state index < -0.39 is 0 Å². The van der Waals surface area contributed by atoms with Crippen LogP contribution >= 0.6 is 0 Å².